The summed E-state index contributed by atoms with van der Waals surface area (Å²) in [6.07, 6.45) is 5.85. The van der Waals surface area contributed by atoms with Gasteiger partial charge in [-0.1, -0.05) is 78.9 Å². The summed E-state index contributed by atoms with van der Waals surface area (Å²) in [6, 6.07) is 27.5. The van der Waals surface area contributed by atoms with Crippen molar-refractivity contribution in [3.05, 3.63) is 114 Å². The maximum atomic E-state index is 12.8. The summed E-state index contributed by atoms with van der Waals surface area (Å²) < 4.78 is 0. The molecule has 0 saturated carbocycles. The lowest BCUT2D eigenvalue weighted by atomic mass is 10.2. The van der Waals surface area contributed by atoms with Gasteiger partial charge in [-0.15, -0.1) is 0 Å². The van der Waals surface area contributed by atoms with E-state index in [1.54, 1.807) is 36.4 Å². The number of aliphatic imine (C=N–C) groups is 1. The first kappa shape index (κ1) is 20.5. The number of carbonyl (C=O) groups excluding carboxylic acids is 2. The molecule has 3 aromatic rings. The molecule has 0 aliphatic carbocycles. The first-order valence-corrected chi connectivity index (χ1v) is 9.37. The molecule has 0 heterocycles. The van der Waals surface area contributed by atoms with Gasteiger partial charge in [0.1, 0.15) is 0 Å². The second-order valence-electron chi connectivity index (χ2n) is 6.31. The molecule has 0 radical (unpaired) electrons. The summed E-state index contributed by atoms with van der Waals surface area (Å²) in [5.74, 6) is -1.37. The quantitative estimate of drug-likeness (QED) is 0.395. The van der Waals surface area contributed by atoms with Gasteiger partial charge >= 0.3 is 0 Å². The van der Waals surface area contributed by atoms with Gasteiger partial charge in [-0.2, -0.15) is 0 Å². The fraction of sp³-hybridized carbons (Fsp3) is 0. The van der Waals surface area contributed by atoms with Gasteiger partial charge in [-0.3, -0.25) is 9.59 Å². The van der Waals surface area contributed by atoms with Crippen molar-refractivity contribution < 1.29 is 9.59 Å². The summed E-state index contributed by atoms with van der Waals surface area (Å²) in [5, 5.41) is 0. The Labute approximate surface area is 175 Å². The van der Waals surface area contributed by atoms with Gasteiger partial charge in [0.05, 0.1) is 5.69 Å². The Morgan fingerprint density at radius 2 is 1.07 bits per heavy atom. The zero-order valence-electron chi connectivity index (χ0n) is 16.3. The van der Waals surface area contributed by atoms with E-state index in [1.165, 1.54) is 12.2 Å². The summed E-state index contributed by atoms with van der Waals surface area (Å²) in [5.41, 5.74) is 8.26. The molecule has 148 valence electrons. The molecule has 5 heteroatoms. The zero-order valence-corrected chi connectivity index (χ0v) is 16.3. The van der Waals surface area contributed by atoms with Crippen LogP contribution >= 0.6 is 0 Å². The predicted octanol–water partition coefficient (Wildman–Crippen LogP) is 4.41. The van der Waals surface area contributed by atoms with E-state index in [0.717, 1.165) is 16.0 Å². The smallest absolute Gasteiger partial charge is 0.260 e. The number of hydrogen-bond donors (Lipinski definition) is 1. The number of nitrogens with two attached hydrogens (primary N) is 1. The van der Waals surface area contributed by atoms with Crippen LogP contribution in [0.25, 0.3) is 12.2 Å². The average molecular weight is 395 g/mol. The largest absolute Gasteiger partial charge is 0.369 e. The Hall–Kier alpha value is -4.25. The highest BCUT2D eigenvalue weighted by atomic mass is 16.2. The van der Waals surface area contributed by atoms with E-state index >= 15 is 0 Å². The summed E-state index contributed by atoms with van der Waals surface area (Å²) in [6.45, 7) is 0. The maximum Gasteiger partial charge on any atom is 0.260 e. The fourth-order valence-corrected chi connectivity index (χ4v) is 2.63. The van der Waals surface area contributed by atoms with Crippen molar-refractivity contribution in [1.29, 1.82) is 0 Å². The Morgan fingerprint density at radius 1 is 0.667 bits per heavy atom. The van der Waals surface area contributed by atoms with Crippen LogP contribution in [0.5, 0.6) is 0 Å². The van der Waals surface area contributed by atoms with Crippen LogP contribution in [0, 0.1) is 0 Å². The molecule has 0 aromatic heterocycles. The zero-order chi connectivity index (χ0) is 21.2. The monoisotopic (exact) mass is 395 g/mol. The number of nitrogens with zero attached hydrogens (tertiary/aromatic N) is 2. The Balaban J connectivity index is 1.88. The highest BCUT2D eigenvalue weighted by Gasteiger charge is 2.21. The number of guanidine groups is 1. The van der Waals surface area contributed by atoms with Gasteiger partial charge in [0.15, 0.2) is 0 Å². The third kappa shape index (κ3) is 5.87. The molecule has 30 heavy (non-hydrogen) atoms. The van der Waals surface area contributed by atoms with Crippen LogP contribution in [-0.2, 0) is 9.59 Å². The Morgan fingerprint density at radius 3 is 1.50 bits per heavy atom. The van der Waals surface area contributed by atoms with Gasteiger partial charge in [0.25, 0.3) is 11.8 Å². The summed E-state index contributed by atoms with van der Waals surface area (Å²) in [4.78, 5) is 30.7. The van der Waals surface area contributed by atoms with E-state index in [9.17, 15) is 9.59 Å². The van der Waals surface area contributed by atoms with Crippen molar-refractivity contribution in [3.63, 3.8) is 0 Å². The number of rotatable bonds is 5. The average Bonchev–Trinajstić information content (AvgIpc) is 2.78. The van der Waals surface area contributed by atoms with Crippen LogP contribution in [0.2, 0.25) is 0 Å². The second kappa shape index (κ2) is 10.3. The number of hydrogen-bond acceptors (Lipinski definition) is 3. The molecule has 2 amide bonds. The third-order valence-corrected chi connectivity index (χ3v) is 4.11. The molecule has 0 aliphatic rings. The van der Waals surface area contributed by atoms with E-state index in [4.69, 9.17) is 5.73 Å². The van der Waals surface area contributed by atoms with Crippen molar-refractivity contribution in [3.8, 4) is 0 Å². The maximum absolute atomic E-state index is 12.8. The van der Waals surface area contributed by atoms with E-state index < -0.39 is 11.8 Å². The van der Waals surface area contributed by atoms with Crippen molar-refractivity contribution in [1.82, 2.24) is 4.90 Å². The molecule has 3 rings (SSSR count). The van der Waals surface area contributed by atoms with Crippen LogP contribution in [-0.4, -0.2) is 22.7 Å². The topological polar surface area (TPSA) is 75.8 Å². The van der Waals surface area contributed by atoms with Crippen LogP contribution in [0.3, 0.4) is 0 Å². The van der Waals surface area contributed by atoms with Crippen molar-refractivity contribution >= 4 is 35.6 Å². The Bertz CT molecular complexity index is 1010. The van der Waals surface area contributed by atoms with Crippen molar-refractivity contribution in [2.75, 3.05) is 0 Å². The normalized spacial score (nSPS) is 11.7. The van der Waals surface area contributed by atoms with Gasteiger partial charge in [-0.25, -0.2) is 9.89 Å². The van der Waals surface area contributed by atoms with Gasteiger partial charge in [-0.05, 0) is 35.4 Å². The minimum atomic E-state index is -0.584. The standard InChI is InChI=1S/C25H21N3O2/c26-25(27-22-14-8-3-9-15-22)28(23(29)18-16-20-10-4-1-5-11-20)24(30)19-17-21-12-6-2-7-13-21/h1-19H,(H2,26,27)/b18-16+,19-17+. The van der Waals surface area contributed by atoms with E-state index in [2.05, 4.69) is 4.99 Å². The molecular formula is C25H21N3O2. The van der Waals surface area contributed by atoms with Crippen LogP contribution in [0.1, 0.15) is 11.1 Å². The lowest BCUT2D eigenvalue weighted by molar-refractivity contribution is -0.133. The highest BCUT2D eigenvalue weighted by molar-refractivity contribution is 6.19. The predicted molar refractivity (Wildman–Crippen MR) is 121 cm³/mol. The molecule has 0 bridgehead atoms. The minimum absolute atomic E-state index is 0.202. The summed E-state index contributed by atoms with van der Waals surface area (Å²) in [7, 11) is 0. The molecule has 0 saturated heterocycles. The minimum Gasteiger partial charge on any atom is -0.369 e. The van der Waals surface area contributed by atoms with Crippen molar-refractivity contribution in [2.24, 2.45) is 10.7 Å². The first-order chi connectivity index (χ1) is 14.6. The van der Waals surface area contributed by atoms with Gasteiger partial charge in [0, 0.05) is 12.2 Å². The molecule has 0 unspecified atom stereocenters. The van der Waals surface area contributed by atoms with Crippen LogP contribution < -0.4 is 5.73 Å². The third-order valence-electron chi connectivity index (χ3n) is 4.11. The van der Waals surface area contributed by atoms with Crippen LogP contribution in [0.15, 0.2) is 108 Å². The lowest BCUT2D eigenvalue weighted by Crippen LogP contribution is -2.44. The molecular weight excluding hydrogens is 374 g/mol. The number of imide groups is 1. The first-order valence-electron chi connectivity index (χ1n) is 9.37. The fourth-order valence-electron chi connectivity index (χ4n) is 2.63. The molecule has 0 spiro atoms. The lowest BCUT2D eigenvalue weighted by Gasteiger charge is -2.16. The second-order valence-corrected chi connectivity index (χ2v) is 6.31. The van der Waals surface area contributed by atoms with E-state index in [-0.39, 0.29) is 5.96 Å². The van der Waals surface area contributed by atoms with Gasteiger partial charge < -0.3 is 5.73 Å². The number of para-hydroxylation sites is 1. The number of benzene rings is 3. The van der Waals surface area contributed by atoms with Gasteiger partial charge in [0.2, 0.25) is 5.96 Å². The molecule has 0 atom stereocenters. The molecule has 2 N–H and O–H groups in total. The highest BCUT2D eigenvalue weighted by Crippen LogP contribution is 2.12. The molecule has 0 fully saturated rings. The Kier molecular flexibility index (Phi) is 7.06. The number of amides is 2. The van der Waals surface area contributed by atoms with E-state index in [1.807, 2.05) is 66.7 Å². The summed E-state index contributed by atoms with van der Waals surface area (Å²) >= 11 is 0. The van der Waals surface area contributed by atoms with Crippen molar-refractivity contribution in [2.45, 2.75) is 0 Å². The molecule has 3 aromatic carbocycles. The molecule has 0 aliphatic heterocycles. The molecule has 5 nitrogen and oxygen atoms in total. The number of carbonyl (C=O) groups is 2. The SMILES string of the molecule is N/C(=N\c1ccccc1)N(C(=O)/C=C/c1ccccc1)C(=O)/C=C/c1ccccc1. The van der Waals surface area contributed by atoms with Crippen LogP contribution in [0.4, 0.5) is 5.69 Å². The van der Waals surface area contributed by atoms with E-state index in [0.29, 0.717) is 5.69 Å².